The predicted octanol–water partition coefficient (Wildman–Crippen LogP) is 5.25. The minimum atomic E-state index is -0.494. The number of nitrogens with zero attached hydrogens (tertiary/aromatic N) is 3. The monoisotopic (exact) mass is 434 g/mol. The van der Waals surface area contributed by atoms with E-state index >= 15 is 0 Å². The van der Waals surface area contributed by atoms with Crippen LogP contribution in [0.5, 0.6) is 6.01 Å². The maximum atomic E-state index is 13.8. The lowest BCUT2D eigenvalue weighted by Gasteiger charge is -2.10. The molecule has 0 aliphatic carbocycles. The van der Waals surface area contributed by atoms with Gasteiger partial charge >= 0.3 is 6.01 Å². The van der Waals surface area contributed by atoms with Crippen LogP contribution in [0.2, 0.25) is 0 Å². The zero-order valence-corrected chi connectivity index (χ0v) is 17.4. The van der Waals surface area contributed by atoms with E-state index in [2.05, 4.69) is 15.4 Å². The van der Waals surface area contributed by atoms with Crippen molar-refractivity contribution in [2.45, 2.75) is 20.0 Å². The van der Waals surface area contributed by atoms with E-state index in [1.807, 2.05) is 13.8 Å². The summed E-state index contributed by atoms with van der Waals surface area (Å²) >= 11 is 0. The van der Waals surface area contributed by atoms with Crippen LogP contribution in [0.15, 0.2) is 72.8 Å². The van der Waals surface area contributed by atoms with Crippen LogP contribution in [-0.4, -0.2) is 26.8 Å². The van der Waals surface area contributed by atoms with Crippen molar-refractivity contribution in [2.75, 3.05) is 5.32 Å². The van der Waals surface area contributed by atoms with Crippen molar-refractivity contribution in [3.63, 3.8) is 0 Å². The molecular formula is C24H20F2N4O2. The molecule has 1 N–H and O–H groups in total. The first-order chi connectivity index (χ1) is 15.4. The predicted molar refractivity (Wildman–Crippen MR) is 117 cm³/mol. The molecule has 32 heavy (non-hydrogen) atoms. The Morgan fingerprint density at radius 3 is 2.41 bits per heavy atom. The molecule has 0 bridgehead atoms. The number of benzene rings is 3. The van der Waals surface area contributed by atoms with Crippen molar-refractivity contribution in [1.29, 1.82) is 0 Å². The number of aromatic nitrogens is 3. The largest absolute Gasteiger partial charge is 0.460 e. The van der Waals surface area contributed by atoms with Gasteiger partial charge in [-0.1, -0.05) is 24.3 Å². The molecule has 1 heterocycles. The summed E-state index contributed by atoms with van der Waals surface area (Å²) in [4.78, 5) is 16.9. The number of nitrogens with one attached hydrogen (secondary N) is 1. The lowest BCUT2D eigenvalue weighted by atomic mass is 10.2. The molecule has 0 spiro atoms. The molecule has 3 aromatic carbocycles. The number of rotatable bonds is 6. The Morgan fingerprint density at radius 2 is 1.69 bits per heavy atom. The number of carbonyl (C=O) groups is 1. The third-order valence-electron chi connectivity index (χ3n) is 4.45. The van der Waals surface area contributed by atoms with Crippen LogP contribution in [0, 0.1) is 11.6 Å². The molecule has 0 saturated carbocycles. The summed E-state index contributed by atoms with van der Waals surface area (Å²) in [5.74, 6) is -0.964. The van der Waals surface area contributed by atoms with Gasteiger partial charge in [-0.05, 0) is 62.4 Å². The van der Waals surface area contributed by atoms with Crippen LogP contribution in [0.4, 0.5) is 14.5 Å². The number of hydrogen-bond acceptors (Lipinski definition) is 4. The number of anilines is 1. The summed E-state index contributed by atoms with van der Waals surface area (Å²) in [5, 5.41) is 7.16. The molecule has 1 amide bonds. The van der Waals surface area contributed by atoms with E-state index < -0.39 is 17.5 Å². The highest BCUT2D eigenvalue weighted by Crippen LogP contribution is 2.26. The Kier molecular flexibility index (Phi) is 5.93. The number of hydrogen-bond donors (Lipinski definition) is 1. The molecule has 0 unspecified atom stereocenters. The highest BCUT2D eigenvalue weighted by molar-refractivity contribution is 6.04. The van der Waals surface area contributed by atoms with Gasteiger partial charge in [0.05, 0.1) is 11.8 Å². The van der Waals surface area contributed by atoms with Gasteiger partial charge in [0.15, 0.2) is 5.82 Å². The Bertz CT molecular complexity index is 1270. The second-order valence-corrected chi connectivity index (χ2v) is 7.32. The normalized spacial score (nSPS) is 10.9. The average Bonchev–Trinajstić information content (AvgIpc) is 3.17. The number of halogens is 2. The first-order valence-corrected chi connectivity index (χ1v) is 9.96. The minimum absolute atomic E-state index is 0.147. The zero-order valence-electron chi connectivity index (χ0n) is 17.4. The van der Waals surface area contributed by atoms with Crippen molar-refractivity contribution in [3.05, 3.63) is 90.0 Å². The number of ether oxygens (including phenoxy) is 1. The minimum Gasteiger partial charge on any atom is -0.460 e. The Hall–Kier alpha value is -4.07. The van der Waals surface area contributed by atoms with Gasteiger partial charge in [0.25, 0.3) is 5.91 Å². The topological polar surface area (TPSA) is 69.0 Å². The van der Waals surface area contributed by atoms with Crippen molar-refractivity contribution in [1.82, 2.24) is 14.8 Å². The molecule has 0 fully saturated rings. The SMILES string of the molecule is CC(C)Oc1nc(-c2cccc(F)c2)n(-c2cccc(NC(=O)c3cccc(F)c3)c2)n1. The second kappa shape index (κ2) is 8.97. The molecule has 0 aliphatic rings. The van der Waals surface area contributed by atoms with Crippen molar-refractivity contribution < 1.29 is 18.3 Å². The Morgan fingerprint density at radius 1 is 0.969 bits per heavy atom. The van der Waals surface area contributed by atoms with E-state index in [9.17, 15) is 13.6 Å². The van der Waals surface area contributed by atoms with Gasteiger partial charge in [0, 0.05) is 16.8 Å². The molecule has 162 valence electrons. The number of amides is 1. The summed E-state index contributed by atoms with van der Waals surface area (Å²) in [7, 11) is 0. The summed E-state index contributed by atoms with van der Waals surface area (Å²) in [5.41, 5.74) is 1.77. The van der Waals surface area contributed by atoms with Crippen molar-refractivity contribution in [2.24, 2.45) is 0 Å². The molecule has 0 radical (unpaired) electrons. The van der Waals surface area contributed by atoms with Crippen molar-refractivity contribution >= 4 is 11.6 Å². The zero-order chi connectivity index (χ0) is 22.7. The van der Waals surface area contributed by atoms with Crippen LogP contribution in [0.25, 0.3) is 17.1 Å². The summed E-state index contributed by atoms with van der Waals surface area (Å²) in [6, 6.07) is 18.5. The molecule has 0 aliphatic heterocycles. The van der Waals surface area contributed by atoms with E-state index in [0.717, 1.165) is 6.07 Å². The lowest BCUT2D eigenvalue weighted by Crippen LogP contribution is -2.12. The lowest BCUT2D eigenvalue weighted by molar-refractivity contribution is 0.102. The standard InChI is InChI=1S/C24H20F2N4O2/c1-15(2)32-24-28-22(16-6-3-8-18(25)12-16)30(29-24)21-11-5-10-20(14-21)27-23(31)17-7-4-9-19(26)13-17/h3-15H,1-2H3,(H,27,31). The van der Waals surface area contributed by atoms with Gasteiger partial charge in [-0.25, -0.2) is 13.5 Å². The fourth-order valence-electron chi connectivity index (χ4n) is 3.10. The van der Waals surface area contributed by atoms with Gasteiger partial charge in [0.2, 0.25) is 0 Å². The van der Waals surface area contributed by atoms with E-state index in [1.165, 1.54) is 35.0 Å². The third kappa shape index (κ3) is 4.80. The van der Waals surface area contributed by atoms with Gasteiger partial charge in [-0.15, -0.1) is 5.10 Å². The maximum Gasteiger partial charge on any atom is 0.336 e. The molecule has 4 aromatic rings. The third-order valence-corrected chi connectivity index (χ3v) is 4.45. The average molecular weight is 434 g/mol. The van der Waals surface area contributed by atoms with Gasteiger partial charge in [-0.3, -0.25) is 4.79 Å². The molecule has 6 nitrogen and oxygen atoms in total. The maximum absolute atomic E-state index is 13.8. The smallest absolute Gasteiger partial charge is 0.336 e. The summed E-state index contributed by atoms with van der Waals surface area (Å²) in [6.45, 7) is 3.70. The second-order valence-electron chi connectivity index (χ2n) is 7.32. The van der Waals surface area contributed by atoms with Crippen molar-refractivity contribution in [3.8, 4) is 23.1 Å². The van der Waals surface area contributed by atoms with E-state index in [-0.39, 0.29) is 17.7 Å². The van der Waals surface area contributed by atoms with Crippen LogP contribution in [-0.2, 0) is 0 Å². The van der Waals surface area contributed by atoms with Crippen LogP contribution >= 0.6 is 0 Å². The van der Waals surface area contributed by atoms with Gasteiger partial charge in [0.1, 0.15) is 11.6 Å². The van der Waals surface area contributed by atoms with Crippen LogP contribution in [0.3, 0.4) is 0 Å². The quantitative estimate of drug-likeness (QED) is 0.450. The molecule has 0 saturated heterocycles. The Labute approximate surface area is 183 Å². The van der Waals surface area contributed by atoms with Crippen LogP contribution < -0.4 is 10.1 Å². The molecule has 4 rings (SSSR count). The van der Waals surface area contributed by atoms with E-state index in [0.29, 0.717) is 22.8 Å². The summed E-state index contributed by atoms with van der Waals surface area (Å²) in [6.07, 6.45) is -0.150. The van der Waals surface area contributed by atoms with Crippen LogP contribution in [0.1, 0.15) is 24.2 Å². The van der Waals surface area contributed by atoms with Gasteiger partial charge in [-0.2, -0.15) is 4.98 Å². The fourth-order valence-corrected chi connectivity index (χ4v) is 3.10. The highest BCUT2D eigenvalue weighted by atomic mass is 19.1. The molecular weight excluding hydrogens is 414 g/mol. The molecule has 0 atom stereocenters. The fraction of sp³-hybridized carbons (Fsp3) is 0.125. The van der Waals surface area contributed by atoms with E-state index in [4.69, 9.17) is 4.74 Å². The number of carbonyl (C=O) groups excluding carboxylic acids is 1. The molecule has 8 heteroatoms. The first-order valence-electron chi connectivity index (χ1n) is 9.96. The Balaban J connectivity index is 1.70. The summed E-state index contributed by atoms with van der Waals surface area (Å²) < 4.78 is 34.4. The van der Waals surface area contributed by atoms with E-state index in [1.54, 1.807) is 36.4 Å². The van der Waals surface area contributed by atoms with Gasteiger partial charge < -0.3 is 10.1 Å². The highest BCUT2D eigenvalue weighted by Gasteiger charge is 2.17. The molecule has 1 aromatic heterocycles. The first kappa shape index (κ1) is 21.2.